The van der Waals surface area contributed by atoms with Gasteiger partial charge in [0.25, 0.3) is 0 Å². The summed E-state index contributed by atoms with van der Waals surface area (Å²) in [5.41, 5.74) is 0. The van der Waals surface area contributed by atoms with E-state index in [1.54, 1.807) is 30.3 Å². The normalized spacial score (nSPS) is 28.3. The lowest BCUT2D eigenvalue weighted by Crippen LogP contribution is -2.37. The van der Waals surface area contributed by atoms with Crippen molar-refractivity contribution in [3.8, 4) is 0 Å². The lowest BCUT2D eigenvalue weighted by atomic mass is 10.0. The van der Waals surface area contributed by atoms with Gasteiger partial charge in [0.2, 0.25) is 5.91 Å². The van der Waals surface area contributed by atoms with E-state index in [-0.39, 0.29) is 24.1 Å². The number of amides is 1. The first kappa shape index (κ1) is 19.4. The first-order chi connectivity index (χ1) is 12.3. The Morgan fingerprint density at radius 2 is 1.50 bits per heavy atom. The highest BCUT2D eigenvalue weighted by atomic mass is 32.2. The van der Waals surface area contributed by atoms with Crippen LogP contribution in [0.15, 0.2) is 35.2 Å². The Morgan fingerprint density at radius 3 is 2.04 bits per heavy atom. The van der Waals surface area contributed by atoms with Crippen LogP contribution in [0.1, 0.15) is 32.1 Å². The standard InChI is InChI=1S/C20H30N2O3S/c1-21(2)17-11-15-13-18(14-16(15)12-17)22(3)20(23)9-10-26(24,25)19-7-5-4-6-8-19/h4-8,15-18H,9-14H2,1-3H3/t15-,16+,17?,18?. The van der Waals surface area contributed by atoms with E-state index in [9.17, 15) is 13.2 Å². The van der Waals surface area contributed by atoms with Gasteiger partial charge in [-0.1, -0.05) is 18.2 Å². The first-order valence-electron chi connectivity index (χ1n) is 9.48. The molecular weight excluding hydrogens is 348 g/mol. The SMILES string of the molecule is CN(C)C1C[C@@H]2CC(N(C)C(=O)CCS(=O)(=O)c3ccccc3)C[C@@H]2C1. The highest BCUT2D eigenvalue weighted by molar-refractivity contribution is 7.91. The van der Waals surface area contributed by atoms with Gasteiger partial charge in [0.15, 0.2) is 9.84 Å². The number of fused-ring (bicyclic) bond motifs is 1. The Morgan fingerprint density at radius 1 is 0.962 bits per heavy atom. The molecule has 2 aliphatic carbocycles. The molecule has 1 aromatic carbocycles. The molecule has 0 aromatic heterocycles. The Labute approximate surface area is 157 Å². The minimum Gasteiger partial charge on any atom is -0.343 e. The molecule has 2 aliphatic rings. The van der Waals surface area contributed by atoms with Gasteiger partial charge in [0.05, 0.1) is 10.6 Å². The van der Waals surface area contributed by atoms with Crippen molar-refractivity contribution in [1.29, 1.82) is 0 Å². The quantitative estimate of drug-likeness (QED) is 0.763. The predicted molar refractivity (Wildman–Crippen MR) is 103 cm³/mol. The van der Waals surface area contributed by atoms with Gasteiger partial charge >= 0.3 is 0 Å². The van der Waals surface area contributed by atoms with Gasteiger partial charge in [-0.15, -0.1) is 0 Å². The van der Waals surface area contributed by atoms with Gasteiger partial charge < -0.3 is 9.80 Å². The van der Waals surface area contributed by atoms with E-state index >= 15 is 0 Å². The number of carbonyl (C=O) groups is 1. The predicted octanol–water partition coefficient (Wildman–Crippen LogP) is 2.43. The summed E-state index contributed by atoms with van der Waals surface area (Å²) in [6.45, 7) is 0. The van der Waals surface area contributed by atoms with Crippen LogP contribution in [0.4, 0.5) is 0 Å². The van der Waals surface area contributed by atoms with Gasteiger partial charge in [-0.3, -0.25) is 4.79 Å². The summed E-state index contributed by atoms with van der Waals surface area (Å²) < 4.78 is 24.7. The summed E-state index contributed by atoms with van der Waals surface area (Å²) in [5.74, 6) is 1.23. The van der Waals surface area contributed by atoms with E-state index in [0.29, 0.717) is 22.8 Å². The molecule has 4 atom stereocenters. The smallest absolute Gasteiger partial charge is 0.223 e. The molecular formula is C20H30N2O3S. The van der Waals surface area contributed by atoms with E-state index in [1.165, 1.54) is 12.8 Å². The molecule has 2 unspecified atom stereocenters. The summed E-state index contributed by atoms with van der Waals surface area (Å²) in [6, 6.07) is 9.31. The summed E-state index contributed by atoms with van der Waals surface area (Å²) in [7, 11) is 2.73. The molecule has 0 aliphatic heterocycles. The van der Waals surface area contributed by atoms with E-state index in [1.807, 2.05) is 11.9 Å². The fourth-order valence-corrected chi connectivity index (χ4v) is 5.89. The molecule has 2 saturated carbocycles. The van der Waals surface area contributed by atoms with Crippen molar-refractivity contribution in [3.05, 3.63) is 30.3 Å². The van der Waals surface area contributed by atoms with Crippen LogP contribution in [0.5, 0.6) is 0 Å². The van der Waals surface area contributed by atoms with Crippen molar-refractivity contribution in [2.24, 2.45) is 11.8 Å². The number of carbonyl (C=O) groups excluding carboxylic acids is 1. The van der Waals surface area contributed by atoms with Crippen LogP contribution in [-0.4, -0.2) is 63.1 Å². The minimum atomic E-state index is -3.40. The van der Waals surface area contributed by atoms with Crippen LogP contribution in [0.25, 0.3) is 0 Å². The Kier molecular flexibility index (Phi) is 5.72. The first-order valence-corrected chi connectivity index (χ1v) is 11.1. The van der Waals surface area contributed by atoms with Crippen molar-refractivity contribution < 1.29 is 13.2 Å². The monoisotopic (exact) mass is 378 g/mol. The molecule has 1 amide bonds. The molecule has 5 nitrogen and oxygen atoms in total. The van der Waals surface area contributed by atoms with Crippen molar-refractivity contribution in [1.82, 2.24) is 9.80 Å². The van der Waals surface area contributed by atoms with Crippen molar-refractivity contribution >= 4 is 15.7 Å². The maximum atomic E-state index is 12.6. The Hall–Kier alpha value is -1.40. The maximum Gasteiger partial charge on any atom is 0.223 e. The number of benzene rings is 1. The third-order valence-electron chi connectivity index (χ3n) is 6.32. The number of rotatable bonds is 6. The van der Waals surface area contributed by atoms with Crippen LogP contribution in [0.3, 0.4) is 0 Å². The molecule has 3 rings (SSSR count). The third kappa shape index (κ3) is 4.12. The van der Waals surface area contributed by atoms with Gasteiger partial charge in [-0.05, 0) is 63.7 Å². The molecule has 26 heavy (non-hydrogen) atoms. The molecule has 2 fully saturated rings. The molecule has 0 N–H and O–H groups in total. The average molecular weight is 379 g/mol. The van der Waals surface area contributed by atoms with Crippen LogP contribution in [0, 0.1) is 11.8 Å². The second-order valence-corrected chi connectivity index (χ2v) is 10.2. The fourth-order valence-electron chi connectivity index (χ4n) is 4.64. The maximum absolute atomic E-state index is 12.6. The molecule has 1 aromatic rings. The summed E-state index contributed by atoms with van der Waals surface area (Å²) in [4.78, 5) is 17.0. The molecule has 144 valence electrons. The number of nitrogens with zero attached hydrogens (tertiary/aromatic N) is 2. The van der Waals surface area contributed by atoms with Crippen LogP contribution >= 0.6 is 0 Å². The zero-order valence-electron chi connectivity index (χ0n) is 16.0. The zero-order chi connectivity index (χ0) is 18.9. The molecule has 0 radical (unpaired) electrons. The van der Waals surface area contributed by atoms with Gasteiger partial charge in [0.1, 0.15) is 0 Å². The average Bonchev–Trinajstić information content (AvgIpc) is 3.19. The topological polar surface area (TPSA) is 57.7 Å². The second kappa shape index (κ2) is 7.69. The van der Waals surface area contributed by atoms with E-state index in [0.717, 1.165) is 12.8 Å². The molecule has 0 bridgehead atoms. The summed E-state index contributed by atoms with van der Waals surface area (Å²) in [5, 5.41) is 0. The lowest BCUT2D eigenvalue weighted by Gasteiger charge is -2.27. The van der Waals surface area contributed by atoms with Gasteiger partial charge in [-0.25, -0.2) is 8.42 Å². The minimum absolute atomic E-state index is 0.0554. The number of sulfone groups is 1. The van der Waals surface area contributed by atoms with E-state index in [2.05, 4.69) is 19.0 Å². The fraction of sp³-hybridized carbons (Fsp3) is 0.650. The van der Waals surface area contributed by atoms with Gasteiger partial charge in [0, 0.05) is 25.6 Å². The Balaban J connectivity index is 1.52. The lowest BCUT2D eigenvalue weighted by molar-refractivity contribution is -0.131. The second-order valence-electron chi connectivity index (χ2n) is 8.12. The highest BCUT2D eigenvalue weighted by Crippen LogP contribution is 2.46. The summed E-state index contributed by atoms with van der Waals surface area (Å²) >= 11 is 0. The number of hydrogen-bond donors (Lipinski definition) is 0. The molecule has 6 heteroatoms. The van der Waals surface area contributed by atoms with Crippen molar-refractivity contribution in [3.63, 3.8) is 0 Å². The van der Waals surface area contributed by atoms with Crippen LogP contribution in [-0.2, 0) is 14.6 Å². The highest BCUT2D eigenvalue weighted by Gasteiger charge is 2.44. The van der Waals surface area contributed by atoms with Crippen molar-refractivity contribution in [2.45, 2.75) is 49.1 Å². The van der Waals surface area contributed by atoms with Crippen LogP contribution < -0.4 is 0 Å². The van der Waals surface area contributed by atoms with E-state index in [4.69, 9.17) is 0 Å². The van der Waals surface area contributed by atoms with Gasteiger partial charge in [-0.2, -0.15) is 0 Å². The zero-order valence-corrected chi connectivity index (χ0v) is 16.8. The van der Waals surface area contributed by atoms with Crippen LogP contribution in [0.2, 0.25) is 0 Å². The largest absolute Gasteiger partial charge is 0.343 e. The third-order valence-corrected chi connectivity index (χ3v) is 8.06. The molecule has 0 heterocycles. The van der Waals surface area contributed by atoms with Crippen molar-refractivity contribution in [2.75, 3.05) is 26.9 Å². The summed E-state index contributed by atoms with van der Waals surface area (Å²) in [6.07, 6.45) is 4.61. The number of hydrogen-bond acceptors (Lipinski definition) is 4. The molecule has 0 saturated heterocycles. The molecule has 0 spiro atoms. The Bertz CT molecular complexity index is 719. The van der Waals surface area contributed by atoms with E-state index < -0.39 is 9.84 Å².